The molecular weight excluding hydrogens is 942 g/mol. The van der Waals surface area contributed by atoms with Gasteiger partial charge in [0, 0.05) is 12.8 Å². The first-order valence-corrected chi connectivity index (χ1v) is 34.3. The molecule has 0 aromatic heterocycles. The van der Waals surface area contributed by atoms with Gasteiger partial charge in [0.1, 0.15) is 19.8 Å². The molecule has 0 amide bonds. The zero-order valence-electron chi connectivity index (χ0n) is 50.4. The van der Waals surface area contributed by atoms with Gasteiger partial charge in [-0.3, -0.25) is 18.6 Å². The highest BCUT2D eigenvalue weighted by molar-refractivity contribution is 7.47. The van der Waals surface area contributed by atoms with Crippen molar-refractivity contribution in [3.63, 3.8) is 0 Å². The number of carbonyl (C=O) groups excluding carboxylic acids is 2. The SMILES string of the molecule is CCCCCCCCCCCCCCCCCCCCCCCCCCCCCCCCCCC(=O)OC(COC(=O)CCCCCCCCCCCCCCCCCCCC)COP(=O)(O)OCC[N+](C)(C)C. The molecule has 74 heavy (non-hydrogen) atoms. The number of rotatable bonds is 62. The van der Waals surface area contributed by atoms with Gasteiger partial charge >= 0.3 is 19.8 Å². The normalized spacial score (nSPS) is 13.1. The third-order valence-electron chi connectivity index (χ3n) is 15.1. The second kappa shape index (κ2) is 56.7. The number of likely N-dealkylation sites (N-methyl/N-ethyl adjacent to an activating group) is 1. The highest BCUT2D eigenvalue weighted by atomic mass is 31.2. The lowest BCUT2D eigenvalue weighted by atomic mass is 10.0. The molecule has 0 aliphatic carbocycles. The van der Waals surface area contributed by atoms with Gasteiger partial charge in [0.05, 0.1) is 27.7 Å². The number of nitrogens with zero attached hydrogens (tertiary/aromatic N) is 1. The van der Waals surface area contributed by atoms with E-state index in [1.807, 2.05) is 21.1 Å². The van der Waals surface area contributed by atoms with Crippen molar-refractivity contribution in [3.8, 4) is 0 Å². The van der Waals surface area contributed by atoms with Crippen LogP contribution in [0.4, 0.5) is 0 Å². The van der Waals surface area contributed by atoms with Crippen LogP contribution < -0.4 is 0 Å². The van der Waals surface area contributed by atoms with E-state index in [-0.39, 0.29) is 25.6 Å². The van der Waals surface area contributed by atoms with Gasteiger partial charge in [-0.05, 0) is 12.8 Å². The lowest BCUT2D eigenvalue weighted by molar-refractivity contribution is -0.870. The molecule has 0 rings (SSSR count). The minimum absolute atomic E-state index is 0.0375. The summed E-state index contributed by atoms with van der Waals surface area (Å²) in [5.41, 5.74) is 0. The molecule has 0 bridgehead atoms. The van der Waals surface area contributed by atoms with Crippen LogP contribution in [0.15, 0.2) is 0 Å². The third-order valence-corrected chi connectivity index (χ3v) is 16.1. The van der Waals surface area contributed by atoms with E-state index in [1.165, 1.54) is 283 Å². The number of phosphoric acid groups is 1. The average Bonchev–Trinajstić information content (AvgIpc) is 3.36. The van der Waals surface area contributed by atoms with Crippen molar-refractivity contribution >= 4 is 19.8 Å². The van der Waals surface area contributed by atoms with E-state index in [9.17, 15) is 19.0 Å². The zero-order valence-corrected chi connectivity index (χ0v) is 51.3. The first kappa shape index (κ1) is 73.0. The van der Waals surface area contributed by atoms with Crippen molar-refractivity contribution < 1.29 is 42.1 Å². The Balaban J connectivity index is 3.96. The molecule has 0 heterocycles. The van der Waals surface area contributed by atoms with Crippen molar-refractivity contribution in [3.05, 3.63) is 0 Å². The molecule has 2 unspecified atom stereocenters. The van der Waals surface area contributed by atoms with Crippen molar-refractivity contribution in [2.75, 3.05) is 47.5 Å². The van der Waals surface area contributed by atoms with E-state index >= 15 is 0 Å². The van der Waals surface area contributed by atoms with E-state index in [4.69, 9.17) is 18.5 Å². The summed E-state index contributed by atoms with van der Waals surface area (Å²) in [6.45, 7) is 4.52. The Morgan fingerprint density at radius 2 is 0.608 bits per heavy atom. The number of phosphoric ester groups is 1. The number of hydrogen-bond donors (Lipinski definition) is 1. The zero-order chi connectivity index (χ0) is 54.2. The van der Waals surface area contributed by atoms with Crippen LogP contribution in [0.2, 0.25) is 0 Å². The molecule has 10 heteroatoms. The van der Waals surface area contributed by atoms with E-state index < -0.39 is 26.5 Å². The summed E-state index contributed by atoms with van der Waals surface area (Å²) in [5.74, 6) is -0.771. The van der Waals surface area contributed by atoms with Gasteiger partial charge in [-0.1, -0.05) is 322 Å². The second-order valence-corrected chi connectivity index (χ2v) is 25.3. The second-order valence-electron chi connectivity index (χ2n) is 23.9. The summed E-state index contributed by atoms with van der Waals surface area (Å²) >= 11 is 0. The lowest BCUT2D eigenvalue weighted by Crippen LogP contribution is -2.37. The first-order chi connectivity index (χ1) is 36.0. The molecule has 0 spiro atoms. The fourth-order valence-corrected chi connectivity index (χ4v) is 10.8. The molecule has 2 atom stereocenters. The van der Waals surface area contributed by atoms with Crippen LogP contribution >= 0.6 is 7.82 Å². The predicted molar refractivity (Wildman–Crippen MR) is 317 cm³/mol. The van der Waals surface area contributed by atoms with Gasteiger partial charge in [-0.15, -0.1) is 0 Å². The molecule has 0 saturated heterocycles. The maximum Gasteiger partial charge on any atom is 0.472 e. The summed E-state index contributed by atoms with van der Waals surface area (Å²) in [5, 5.41) is 0. The van der Waals surface area contributed by atoms with E-state index in [1.54, 1.807) is 0 Å². The Labute approximate surface area is 461 Å². The number of carbonyl (C=O) groups is 2. The lowest BCUT2D eigenvalue weighted by Gasteiger charge is -2.24. The molecule has 1 N–H and O–H groups in total. The number of unbranched alkanes of at least 4 members (excludes halogenated alkanes) is 48. The molecule has 0 aromatic rings. The first-order valence-electron chi connectivity index (χ1n) is 32.8. The van der Waals surface area contributed by atoms with Gasteiger partial charge in [-0.25, -0.2) is 4.57 Å². The van der Waals surface area contributed by atoms with Crippen LogP contribution in [-0.2, 0) is 32.7 Å². The van der Waals surface area contributed by atoms with Crippen molar-refractivity contribution in [1.82, 2.24) is 0 Å². The summed E-state index contributed by atoms with van der Waals surface area (Å²) in [4.78, 5) is 35.7. The molecule has 0 aliphatic rings. The highest BCUT2D eigenvalue weighted by Gasteiger charge is 2.27. The standard InChI is InChI=1S/C64H128NO8P/c1-6-8-10-12-14-16-18-20-22-24-26-27-28-29-30-31-32-33-34-35-36-37-38-39-41-43-45-47-49-51-53-55-57-64(67)73-62(61-72-74(68,69)71-59-58-65(3,4)5)60-70-63(66)56-54-52-50-48-46-44-42-40-25-23-21-19-17-15-13-11-9-7-2/h62H,6-61H2,1-5H3/p+1. The van der Waals surface area contributed by atoms with E-state index in [0.29, 0.717) is 17.4 Å². The summed E-state index contributed by atoms with van der Waals surface area (Å²) < 4.78 is 34.7. The minimum Gasteiger partial charge on any atom is -0.462 e. The van der Waals surface area contributed by atoms with Gasteiger partial charge in [0.25, 0.3) is 0 Å². The Morgan fingerprint density at radius 1 is 0.365 bits per heavy atom. The number of esters is 2. The molecule has 0 radical (unpaired) electrons. The van der Waals surface area contributed by atoms with Crippen molar-refractivity contribution in [2.24, 2.45) is 0 Å². The molecule has 0 fully saturated rings. The monoisotopic (exact) mass is 1070 g/mol. The Hall–Kier alpha value is -0.990. The maximum atomic E-state index is 12.8. The van der Waals surface area contributed by atoms with E-state index in [0.717, 1.165) is 38.5 Å². The van der Waals surface area contributed by atoms with Crippen LogP contribution in [0.25, 0.3) is 0 Å². The van der Waals surface area contributed by atoms with Gasteiger partial charge in [-0.2, -0.15) is 0 Å². The molecule has 442 valence electrons. The van der Waals surface area contributed by atoms with Crippen LogP contribution in [-0.4, -0.2) is 74.9 Å². The largest absolute Gasteiger partial charge is 0.472 e. The van der Waals surface area contributed by atoms with Crippen molar-refractivity contribution in [1.29, 1.82) is 0 Å². The summed E-state index contributed by atoms with van der Waals surface area (Å²) in [6.07, 6.45) is 66.3. The predicted octanol–water partition coefficient (Wildman–Crippen LogP) is 20.6. The van der Waals surface area contributed by atoms with Crippen LogP contribution in [0.3, 0.4) is 0 Å². The topological polar surface area (TPSA) is 108 Å². The average molecular weight is 1070 g/mol. The third kappa shape index (κ3) is 60.2. The quantitative estimate of drug-likeness (QED) is 0.0278. The summed E-state index contributed by atoms with van der Waals surface area (Å²) in [6, 6.07) is 0. The number of ether oxygens (including phenoxy) is 2. The van der Waals surface area contributed by atoms with Gasteiger partial charge < -0.3 is 18.9 Å². The fourth-order valence-electron chi connectivity index (χ4n) is 10.1. The molecule has 0 aromatic carbocycles. The van der Waals surface area contributed by atoms with Crippen LogP contribution in [0.5, 0.6) is 0 Å². The van der Waals surface area contributed by atoms with Crippen LogP contribution in [0, 0.1) is 0 Å². The van der Waals surface area contributed by atoms with Crippen LogP contribution in [0.1, 0.15) is 348 Å². The molecule has 9 nitrogen and oxygen atoms in total. The van der Waals surface area contributed by atoms with Gasteiger partial charge in [0.2, 0.25) is 0 Å². The Bertz CT molecular complexity index is 1210. The van der Waals surface area contributed by atoms with Crippen molar-refractivity contribution in [2.45, 2.75) is 354 Å². The van der Waals surface area contributed by atoms with Gasteiger partial charge in [0.15, 0.2) is 6.10 Å². The number of hydrogen-bond acceptors (Lipinski definition) is 7. The molecule has 0 saturated carbocycles. The Kier molecular flexibility index (Phi) is 56.0. The smallest absolute Gasteiger partial charge is 0.462 e. The Morgan fingerprint density at radius 3 is 0.865 bits per heavy atom. The maximum absolute atomic E-state index is 12.8. The molecule has 0 aliphatic heterocycles. The fraction of sp³-hybridized carbons (Fsp3) is 0.969. The summed E-state index contributed by atoms with van der Waals surface area (Å²) in [7, 11) is 1.50. The minimum atomic E-state index is -4.38. The molecular formula is C64H129NO8P+. The van der Waals surface area contributed by atoms with E-state index in [2.05, 4.69) is 13.8 Å². The number of quaternary nitrogens is 1. The highest BCUT2D eigenvalue weighted by Crippen LogP contribution is 2.43.